The van der Waals surface area contributed by atoms with E-state index in [4.69, 9.17) is 10.6 Å². The molecule has 0 aliphatic heterocycles. The minimum Gasteiger partial charge on any atom is -0.494 e. The number of hydrogen-bond acceptors (Lipinski definition) is 6. The van der Waals surface area contributed by atoms with Gasteiger partial charge in [-0.1, -0.05) is 18.2 Å². The van der Waals surface area contributed by atoms with Crippen LogP contribution in [-0.4, -0.2) is 26.8 Å². The molecule has 0 fully saturated rings. The van der Waals surface area contributed by atoms with Crippen molar-refractivity contribution >= 4 is 0 Å². The Hall–Kier alpha value is -1.99. The van der Waals surface area contributed by atoms with Crippen LogP contribution in [0.2, 0.25) is 0 Å². The molecule has 0 saturated heterocycles. The largest absolute Gasteiger partial charge is 0.494 e. The maximum atomic E-state index is 5.64. The first-order chi connectivity index (χ1) is 9.24. The molecule has 0 amide bonds. The van der Waals surface area contributed by atoms with E-state index in [0.29, 0.717) is 18.9 Å². The van der Waals surface area contributed by atoms with Crippen LogP contribution in [0.5, 0.6) is 5.75 Å². The van der Waals surface area contributed by atoms with Gasteiger partial charge in [-0.2, -0.15) is 4.80 Å². The molecule has 1 heterocycles. The Morgan fingerprint density at radius 1 is 1.42 bits per heavy atom. The minimum absolute atomic E-state index is 0.119. The van der Waals surface area contributed by atoms with E-state index in [1.54, 1.807) is 7.05 Å². The molecular weight excluding hydrogens is 244 g/mol. The molecule has 0 radical (unpaired) electrons. The number of tetrazole rings is 1. The van der Waals surface area contributed by atoms with Gasteiger partial charge in [-0.3, -0.25) is 11.3 Å². The Labute approximate surface area is 111 Å². The van der Waals surface area contributed by atoms with E-state index in [-0.39, 0.29) is 6.04 Å². The second-order valence-corrected chi connectivity index (χ2v) is 4.09. The Morgan fingerprint density at radius 2 is 2.21 bits per heavy atom. The molecule has 2 aromatic rings. The quantitative estimate of drug-likeness (QED) is 0.577. The van der Waals surface area contributed by atoms with Gasteiger partial charge in [-0.05, 0) is 18.2 Å². The molecule has 102 valence electrons. The van der Waals surface area contributed by atoms with Gasteiger partial charge in [0.2, 0.25) is 0 Å². The number of aryl methyl sites for hydroxylation is 1. The van der Waals surface area contributed by atoms with Crippen molar-refractivity contribution in [2.75, 3.05) is 6.61 Å². The molecule has 2 rings (SSSR count). The van der Waals surface area contributed by atoms with Gasteiger partial charge in [0.05, 0.1) is 19.7 Å². The second-order valence-electron chi connectivity index (χ2n) is 4.09. The van der Waals surface area contributed by atoms with Crippen molar-refractivity contribution in [3.05, 3.63) is 35.7 Å². The molecule has 7 heteroatoms. The number of aromatic nitrogens is 4. The average molecular weight is 262 g/mol. The van der Waals surface area contributed by atoms with Crippen molar-refractivity contribution in [1.82, 2.24) is 25.6 Å². The van der Waals surface area contributed by atoms with Gasteiger partial charge in [-0.15, -0.1) is 10.2 Å². The number of rotatable bonds is 6. The fourth-order valence-electron chi connectivity index (χ4n) is 1.90. The highest BCUT2D eigenvalue weighted by Crippen LogP contribution is 2.26. The van der Waals surface area contributed by atoms with Crippen molar-refractivity contribution in [2.24, 2.45) is 12.9 Å². The fourth-order valence-corrected chi connectivity index (χ4v) is 1.90. The summed E-state index contributed by atoms with van der Waals surface area (Å²) in [5.74, 6) is 7.09. The monoisotopic (exact) mass is 262 g/mol. The fraction of sp³-hybridized carbons (Fsp3) is 0.417. The van der Waals surface area contributed by atoms with Crippen molar-refractivity contribution in [3.8, 4) is 5.75 Å². The number of nitrogens with two attached hydrogens (primary N) is 1. The number of para-hydroxylation sites is 1. The number of hydrogen-bond donors (Lipinski definition) is 2. The molecule has 0 spiro atoms. The van der Waals surface area contributed by atoms with Crippen LogP contribution in [0.1, 0.15) is 24.4 Å². The molecule has 0 saturated carbocycles. The molecular formula is C12H18N6O. The molecule has 0 bridgehead atoms. The zero-order valence-corrected chi connectivity index (χ0v) is 11.1. The number of ether oxygens (including phenoxy) is 1. The highest BCUT2D eigenvalue weighted by Gasteiger charge is 2.17. The Morgan fingerprint density at radius 3 is 2.84 bits per heavy atom. The van der Waals surface area contributed by atoms with E-state index < -0.39 is 0 Å². The van der Waals surface area contributed by atoms with Crippen LogP contribution < -0.4 is 16.0 Å². The number of hydrazine groups is 1. The van der Waals surface area contributed by atoms with Crippen molar-refractivity contribution in [3.63, 3.8) is 0 Å². The number of nitrogens with one attached hydrogen (secondary N) is 1. The summed E-state index contributed by atoms with van der Waals surface area (Å²) in [6, 6.07) is 7.67. The van der Waals surface area contributed by atoms with E-state index in [1.165, 1.54) is 4.80 Å². The molecule has 1 aromatic carbocycles. The first-order valence-electron chi connectivity index (χ1n) is 6.15. The molecule has 19 heavy (non-hydrogen) atoms. The van der Waals surface area contributed by atoms with Crippen LogP contribution in [0.4, 0.5) is 0 Å². The first kappa shape index (κ1) is 13.4. The van der Waals surface area contributed by atoms with Gasteiger partial charge < -0.3 is 4.74 Å². The average Bonchev–Trinajstić information content (AvgIpc) is 2.83. The van der Waals surface area contributed by atoms with E-state index in [2.05, 4.69) is 20.8 Å². The molecule has 7 nitrogen and oxygen atoms in total. The lowest BCUT2D eigenvalue weighted by molar-refractivity contribution is 0.331. The Kier molecular flexibility index (Phi) is 4.43. The van der Waals surface area contributed by atoms with Crippen molar-refractivity contribution in [1.29, 1.82) is 0 Å². The standard InChI is InChI=1S/C12H18N6O/c1-3-19-11-7-5-4-6-9(11)10(14-13)8-12-15-17-18(2)16-12/h4-7,10,14H,3,8,13H2,1-2H3. The molecule has 0 aliphatic carbocycles. The third-order valence-electron chi connectivity index (χ3n) is 2.73. The zero-order chi connectivity index (χ0) is 13.7. The SMILES string of the molecule is CCOc1ccccc1C(Cc1nnn(C)n1)NN. The molecule has 1 unspecified atom stereocenters. The van der Waals surface area contributed by atoms with Crippen LogP contribution in [0.3, 0.4) is 0 Å². The smallest absolute Gasteiger partial charge is 0.176 e. The van der Waals surface area contributed by atoms with Crippen LogP contribution in [0.25, 0.3) is 0 Å². The van der Waals surface area contributed by atoms with Gasteiger partial charge in [0.25, 0.3) is 0 Å². The van der Waals surface area contributed by atoms with E-state index in [9.17, 15) is 0 Å². The van der Waals surface area contributed by atoms with Gasteiger partial charge in [-0.25, -0.2) is 0 Å². The second kappa shape index (κ2) is 6.26. The Bertz CT molecular complexity index is 526. The lowest BCUT2D eigenvalue weighted by Gasteiger charge is -2.18. The predicted octanol–water partition coefficient (Wildman–Crippen LogP) is 0.356. The maximum absolute atomic E-state index is 5.64. The topological polar surface area (TPSA) is 90.9 Å². The van der Waals surface area contributed by atoms with Gasteiger partial charge in [0.1, 0.15) is 5.75 Å². The number of benzene rings is 1. The summed E-state index contributed by atoms with van der Waals surface area (Å²) in [7, 11) is 1.73. The molecule has 0 aliphatic rings. The minimum atomic E-state index is -0.119. The third kappa shape index (κ3) is 3.27. The lowest BCUT2D eigenvalue weighted by atomic mass is 10.0. The summed E-state index contributed by atoms with van der Waals surface area (Å²) in [5, 5.41) is 11.9. The van der Waals surface area contributed by atoms with Crippen molar-refractivity contribution in [2.45, 2.75) is 19.4 Å². The van der Waals surface area contributed by atoms with E-state index in [0.717, 1.165) is 11.3 Å². The van der Waals surface area contributed by atoms with Crippen molar-refractivity contribution < 1.29 is 4.74 Å². The predicted molar refractivity (Wildman–Crippen MR) is 70.2 cm³/mol. The van der Waals surface area contributed by atoms with Crippen LogP contribution in [0, 0.1) is 0 Å². The summed E-state index contributed by atoms with van der Waals surface area (Å²) >= 11 is 0. The van der Waals surface area contributed by atoms with Gasteiger partial charge >= 0.3 is 0 Å². The van der Waals surface area contributed by atoms with E-state index in [1.807, 2.05) is 31.2 Å². The summed E-state index contributed by atoms with van der Waals surface area (Å²) in [5.41, 5.74) is 3.76. The van der Waals surface area contributed by atoms with Crippen LogP contribution in [0.15, 0.2) is 24.3 Å². The maximum Gasteiger partial charge on any atom is 0.176 e. The van der Waals surface area contributed by atoms with E-state index >= 15 is 0 Å². The van der Waals surface area contributed by atoms with Gasteiger partial charge in [0.15, 0.2) is 5.82 Å². The highest BCUT2D eigenvalue weighted by molar-refractivity contribution is 5.36. The van der Waals surface area contributed by atoms with Gasteiger partial charge in [0, 0.05) is 12.0 Å². The summed E-state index contributed by atoms with van der Waals surface area (Å²) in [6.45, 7) is 2.56. The Balaban J connectivity index is 2.21. The molecule has 1 atom stereocenters. The lowest BCUT2D eigenvalue weighted by Crippen LogP contribution is -2.30. The third-order valence-corrected chi connectivity index (χ3v) is 2.73. The molecule has 3 N–H and O–H groups in total. The first-order valence-corrected chi connectivity index (χ1v) is 6.15. The summed E-state index contributed by atoms with van der Waals surface area (Å²) in [4.78, 5) is 1.43. The van der Waals surface area contributed by atoms with Crippen LogP contribution in [-0.2, 0) is 13.5 Å². The highest BCUT2D eigenvalue weighted by atomic mass is 16.5. The number of nitrogens with zero attached hydrogens (tertiary/aromatic N) is 4. The summed E-state index contributed by atoms with van der Waals surface area (Å²) < 4.78 is 5.61. The van der Waals surface area contributed by atoms with Crippen LogP contribution >= 0.6 is 0 Å². The molecule has 1 aromatic heterocycles. The summed E-state index contributed by atoms with van der Waals surface area (Å²) in [6.07, 6.45) is 0.550. The zero-order valence-electron chi connectivity index (χ0n) is 11.1. The normalized spacial score (nSPS) is 12.4.